The van der Waals surface area contributed by atoms with Gasteiger partial charge in [-0.15, -0.1) is 0 Å². The van der Waals surface area contributed by atoms with Crippen molar-refractivity contribution in [3.8, 4) is 0 Å². The number of rotatable bonds is 8. The van der Waals surface area contributed by atoms with Gasteiger partial charge in [0.2, 0.25) is 5.91 Å². The van der Waals surface area contributed by atoms with Crippen LogP contribution in [0.15, 0.2) is 66.9 Å². The molecule has 0 aliphatic heterocycles. The second kappa shape index (κ2) is 9.52. The Kier molecular flexibility index (Phi) is 6.35. The Bertz CT molecular complexity index is 1280. The van der Waals surface area contributed by atoms with Gasteiger partial charge in [-0.25, -0.2) is 9.97 Å². The topological polar surface area (TPSA) is 113 Å². The number of nitrogens with one attached hydrogen (secondary N) is 2. The third-order valence-corrected chi connectivity index (χ3v) is 5.71. The smallest absolute Gasteiger partial charge is 0.246 e. The van der Waals surface area contributed by atoms with Crippen LogP contribution in [0.3, 0.4) is 0 Å². The fourth-order valence-corrected chi connectivity index (χ4v) is 3.67. The first-order valence-corrected chi connectivity index (χ1v) is 10.7. The molecule has 0 radical (unpaired) electrons. The van der Waals surface area contributed by atoms with Gasteiger partial charge in [-0.2, -0.15) is 0 Å². The highest BCUT2D eigenvalue weighted by Gasteiger charge is 2.14. The van der Waals surface area contributed by atoms with Crippen molar-refractivity contribution >= 4 is 34.3 Å². The number of amides is 1. The van der Waals surface area contributed by atoms with Gasteiger partial charge in [0.05, 0.1) is 17.6 Å². The van der Waals surface area contributed by atoms with Crippen LogP contribution in [0.1, 0.15) is 17.0 Å². The summed E-state index contributed by atoms with van der Waals surface area (Å²) in [4.78, 5) is 23.3. The Balaban J connectivity index is 1.44. The van der Waals surface area contributed by atoms with Gasteiger partial charge >= 0.3 is 0 Å². The third kappa shape index (κ3) is 5.01. The van der Waals surface area contributed by atoms with Crippen LogP contribution >= 0.6 is 0 Å². The number of likely N-dealkylation sites (N-methyl/N-ethyl adjacent to an activating group) is 1. The van der Waals surface area contributed by atoms with Crippen molar-refractivity contribution in [3.63, 3.8) is 0 Å². The van der Waals surface area contributed by atoms with Crippen LogP contribution in [-0.4, -0.2) is 39.9 Å². The minimum Gasteiger partial charge on any atom is -0.384 e. The van der Waals surface area contributed by atoms with Crippen molar-refractivity contribution in [1.82, 2.24) is 14.5 Å². The van der Waals surface area contributed by atoms with Crippen LogP contribution in [0.25, 0.3) is 11.0 Å². The van der Waals surface area contributed by atoms with Gasteiger partial charge in [-0.3, -0.25) is 10.2 Å². The number of anilines is 2. The summed E-state index contributed by atoms with van der Waals surface area (Å²) in [5.74, 6) is 1.65. The lowest BCUT2D eigenvalue weighted by Crippen LogP contribution is -2.32. The molecule has 0 saturated heterocycles. The first kappa shape index (κ1) is 22.0. The molecule has 0 aliphatic rings. The molecule has 4 aromatic rings. The highest BCUT2D eigenvalue weighted by molar-refractivity contribution is 5.97. The lowest BCUT2D eigenvalue weighted by atomic mass is 10.1. The van der Waals surface area contributed by atoms with E-state index in [0.29, 0.717) is 5.82 Å². The zero-order chi connectivity index (χ0) is 23.4. The number of imidazole rings is 1. The van der Waals surface area contributed by atoms with E-state index in [1.54, 1.807) is 18.1 Å². The van der Waals surface area contributed by atoms with Crippen molar-refractivity contribution in [2.75, 3.05) is 23.8 Å². The Morgan fingerprint density at radius 3 is 2.61 bits per heavy atom. The van der Waals surface area contributed by atoms with Crippen molar-refractivity contribution in [2.45, 2.75) is 12.8 Å². The molecule has 0 saturated carbocycles. The lowest BCUT2D eigenvalue weighted by Gasteiger charge is -2.18. The average molecular weight is 442 g/mol. The number of hydrogen-bond donors (Lipinski definition) is 3. The van der Waals surface area contributed by atoms with Crippen LogP contribution in [0.4, 0.5) is 11.5 Å². The molecule has 0 bridgehead atoms. The Hall–Kier alpha value is -4.20. The molecule has 0 spiro atoms. The van der Waals surface area contributed by atoms with Crippen molar-refractivity contribution in [1.29, 1.82) is 5.41 Å². The maximum atomic E-state index is 12.6. The zero-order valence-corrected chi connectivity index (χ0v) is 18.7. The summed E-state index contributed by atoms with van der Waals surface area (Å²) in [6, 6.07) is 19.1. The van der Waals surface area contributed by atoms with E-state index in [1.807, 2.05) is 67.7 Å². The Morgan fingerprint density at radius 1 is 1.12 bits per heavy atom. The molecule has 0 fully saturated rings. The maximum absolute atomic E-state index is 12.6. The normalized spacial score (nSPS) is 10.8. The third-order valence-electron chi connectivity index (χ3n) is 5.71. The second-order valence-electron chi connectivity index (χ2n) is 7.89. The van der Waals surface area contributed by atoms with Crippen LogP contribution in [0.5, 0.6) is 0 Å². The van der Waals surface area contributed by atoms with Crippen LogP contribution in [0, 0.1) is 5.41 Å². The van der Waals surface area contributed by atoms with Crippen molar-refractivity contribution in [2.24, 2.45) is 12.8 Å². The van der Waals surface area contributed by atoms with E-state index >= 15 is 0 Å². The number of fused-ring (bicyclic) bond motifs is 1. The molecule has 4 rings (SSSR count). The predicted molar refractivity (Wildman–Crippen MR) is 132 cm³/mol. The first-order chi connectivity index (χ1) is 15.9. The number of benzene rings is 2. The van der Waals surface area contributed by atoms with Gasteiger partial charge in [-0.05, 0) is 42.3 Å². The number of pyridine rings is 1. The Labute approximate surface area is 192 Å². The molecule has 0 unspecified atom stereocenters. The standard InChI is InChI=1S/C25H27N7O/c1-31(24(33)16-29-22-5-3-4-14-28-22)19-11-12-21-20(15-19)30-23(32(21)2)13-8-17-6-9-18(10-7-17)25(26)27/h3-7,9-12,14-15H,8,13,16H2,1-2H3,(H3,26,27)(H,28,29). The quantitative estimate of drug-likeness (QED) is 0.287. The summed E-state index contributed by atoms with van der Waals surface area (Å²) in [5.41, 5.74) is 10.1. The summed E-state index contributed by atoms with van der Waals surface area (Å²) in [6.45, 7) is 0.154. The van der Waals surface area contributed by atoms with E-state index < -0.39 is 0 Å². The molecule has 0 atom stereocenters. The SMILES string of the molecule is CN(C(=O)CNc1ccccn1)c1ccc2c(c1)nc(CCc1ccc(C(=N)N)cc1)n2C. The fraction of sp³-hybridized carbons (Fsp3) is 0.200. The fourth-order valence-electron chi connectivity index (χ4n) is 3.67. The molecule has 2 heterocycles. The summed E-state index contributed by atoms with van der Waals surface area (Å²) in [5, 5.41) is 10.5. The first-order valence-electron chi connectivity index (χ1n) is 10.7. The average Bonchev–Trinajstić information content (AvgIpc) is 3.16. The molecule has 0 aliphatic carbocycles. The number of nitrogen functional groups attached to an aromatic ring is 1. The molecule has 168 valence electrons. The van der Waals surface area contributed by atoms with Crippen LogP contribution in [0.2, 0.25) is 0 Å². The summed E-state index contributed by atoms with van der Waals surface area (Å²) in [7, 11) is 3.77. The van der Waals surface area contributed by atoms with E-state index in [9.17, 15) is 4.79 Å². The number of carbonyl (C=O) groups excluding carboxylic acids is 1. The van der Waals surface area contributed by atoms with E-state index in [-0.39, 0.29) is 18.3 Å². The van der Waals surface area contributed by atoms with Gasteiger partial charge in [0.25, 0.3) is 0 Å². The number of carbonyl (C=O) groups is 1. The number of hydrogen-bond acceptors (Lipinski definition) is 5. The number of aryl methyl sites for hydroxylation is 3. The molecule has 1 amide bonds. The predicted octanol–water partition coefficient (Wildman–Crippen LogP) is 3.11. The molecule has 8 nitrogen and oxygen atoms in total. The van der Waals surface area contributed by atoms with E-state index in [2.05, 4.69) is 14.9 Å². The monoisotopic (exact) mass is 441 g/mol. The molecule has 8 heteroatoms. The lowest BCUT2D eigenvalue weighted by molar-refractivity contribution is -0.116. The summed E-state index contributed by atoms with van der Waals surface area (Å²) >= 11 is 0. The summed E-state index contributed by atoms with van der Waals surface area (Å²) < 4.78 is 2.09. The zero-order valence-electron chi connectivity index (χ0n) is 18.7. The molecular formula is C25H27N7O. The van der Waals surface area contributed by atoms with Gasteiger partial charge in [0, 0.05) is 38.0 Å². The molecule has 33 heavy (non-hydrogen) atoms. The Morgan fingerprint density at radius 2 is 1.91 bits per heavy atom. The van der Waals surface area contributed by atoms with Gasteiger partial charge in [0.15, 0.2) is 0 Å². The van der Waals surface area contributed by atoms with Crippen molar-refractivity contribution < 1.29 is 4.79 Å². The highest BCUT2D eigenvalue weighted by atomic mass is 16.2. The van der Waals surface area contributed by atoms with E-state index in [0.717, 1.165) is 41.0 Å². The second-order valence-corrected chi connectivity index (χ2v) is 7.89. The molecule has 4 N–H and O–H groups in total. The number of nitrogens with zero attached hydrogens (tertiary/aromatic N) is 4. The molecule has 2 aromatic heterocycles. The molecule has 2 aromatic carbocycles. The van der Waals surface area contributed by atoms with Crippen LogP contribution < -0.4 is 16.0 Å². The van der Waals surface area contributed by atoms with Crippen LogP contribution in [-0.2, 0) is 24.7 Å². The highest BCUT2D eigenvalue weighted by Crippen LogP contribution is 2.23. The number of amidine groups is 1. The van der Waals surface area contributed by atoms with Gasteiger partial charge < -0.3 is 20.5 Å². The minimum atomic E-state index is -0.0647. The largest absolute Gasteiger partial charge is 0.384 e. The van der Waals surface area contributed by atoms with Gasteiger partial charge in [0.1, 0.15) is 17.5 Å². The maximum Gasteiger partial charge on any atom is 0.246 e. The van der Waals surface area contributed by atoms with E-state index in [1.165, 1.54) is 5.56 Å². The molecular weight excluding hydrogens is 414 g/mol. The minimum absolute atomic E-state index is 0.0647. The van der Waals surface area contributed by atoms with Gasteiger partial charge in [-0.1, -0.05) is 30.3 Å². The van der Waals surface area contributed by atoms with E-state index in [4.69, 9.17) is 16.1 Å². The summed E-state index contributed by atoms with van der Waals surface area (Å²) in [6.07, 6.45) is 3.30. The van der Waals surface area contributed by atoms with Crippen molar-refractivity contribution in [3.05, 3.63) is 83.8 Å². The number of nitrogens with two attached hydrogens (primary N) is 1. The number of aromatic nitrogens is 3.